The Hall–Kier alpha value is -3.07. The van der Waals surface area contributed by atoms with Crippen molar-refractivity contribution in [3.8, 4) is 22.1 Å². The van der Waals surface area contributed by atoms with Gasteiger partial charge in [0, 0.05) is 5.56 Å². The van der Waals surface area contributed by atoms with Crippen LogP contribution >= 0.6 is 11.3 Å². The summed E-state index contributed by atoms with van der Waals surface area (Å²) in [5.41, 5.74) is -0.00350. The van der Waals surface area contributed by atoms with Crippen molar-refractivity contribution in [2.45, 2.75) is 52.5 Å². The average Bonchev–Trinajstić information content (AvgIpc) is 3.11. The zero-order valence-electron chi connectivity index (χ0n) is 18.8. The molecule has 0 aliphatic heterocycles. The van der Waals surface area contributed by atoms with E-state index in [1.807, 2.05) is 13.8 Å². The Morgan fingerprint density at radius 2 is 1.73 bits per heavy atom. The van der Waals surface area contributed by atoms with Crippen molar-refractivity contribution in [1.82, 2.24) is 4.98 Å². The Bertz CT molecular complexity index is 1150. The molecule has 33 heavy (non-hydrogen) atoms. The first-order valence-corrected chi connectivity index (χ1v) is 10.9. The molecule has 1 N–H and O–H groups in total. The predicted molar refractivity (Wildman–Crippen MR) is 120 cm³/mol. The molecule has 9 heteroatoms. The molecule has 3 rings (SSSR count). The number of alkyl halides is 3. The summed E-state index contributed by atoms with van der Waals surface area (Å²) in [5, 5.41) is 9.86. The van der Waals surface area contributed by atoms with Gasteiger partial charge in [0.1, 0.15) is 22.6 Å². The van der Waals surface area contributed by atoms with Gasteiger partial charge in [0.25, 0.3) is 0 Å². The third-order valence-electron chi connectivity index (χ3n) is 5.00. The first kappa shape index (κ1) is 24.6. The van der Waals surface area contributed by atoms with E-state index in [-0.39, 0.29) is 6.10 Å². The van der Waals surface area contributed by atoms with Gasteiger partial charge in [-0.05, 0) is 70.5 Å². The standard InChI is InChI=1S/C24H24F3NO4S/c1-13-12-18(10-11-19(13)32-23(4,5)22(29)30)31-15(3)20-14(2)28-21(33-20)16-6-8-17(9-7-16)24(25,26)27/h6-12,15H,1-5H3,(H,29,30)/t15-/m0/s1. The summed E-state index contributed by atoms with van der Waals surface area (Å²) in [6, 6.07) is 10.0. The molecule has 0 unspecified atom stereocenters. The zero-order valence-corrected chi connectivity index (χ0v) is 19.6. The van der Waals surface area contributed by atoms with Gasteiger partial charge >= 0.3 is 12.1 Å². The van der Waals surface area contributed by atoms with Crippen molar-refractivity contribution < 1.29 is 32.5 Å². The maximum Gasteiger partial charge on any atom is 0.416 e. The largest absolute Gasteiger partial charge is 0.485 e. The van der Waals surface area contributed by atoms with Crippen molar-refractivity contribution in [3.05, 3.63) is 64.2 Å². The molecular formula is C24H24F3NO4S. The number of aryl methyl sites for hydroxylation is 2. The van der Waals surface area contributed by atoms with E-state index in [0.717, 1.165) is 28.3 Å². The second-order valence-electron chi connectivity index (χ2n) is 8.15. The number of carboxylic acid groups (broad SMARTS) is 1. The monoisotopic (exact) mass is 479 g/mol. The van der Waals surface area contributed by atoms with E-state index in [1.54, 1.807) is 25.1 Å². The van der Waals surface area contributed by atoms with E-state index in [2.05, 4.69) is 4.98 Å². The number of rotatable bonds is 7. The highest BCUT2D eigenvalue weighted by molar-refractivity contribution is 7.15. The lowest BCUT2D eigenvalue weighted by Crippen LogP contribution is -2.38. The van der Waals surface area contributed by atoms with Gasteiger partial charge in [0.2, 0.25) is 0 Å². The van der Waals surface area contributed by atoms with Crippen LogP contribution in [0.3, 0.4) is 0 Å². The van der Waals surface area contributed by atoms with Crippen LogP contribution in [0.2, 0.25) is 0 Å². The fraction of sp³-hybridized carbons (Fsp3) is 0.333. The van der Waals surface area contributed by atoms with Crippen LogP contribution in [0.1, 0.15) is 48.6 Å². The predicted octanol–water partition coefficient (Wildman–Crippen LogP) is 6.83. The number of hydrogen-bond acceptors (Lipinski definition) is 5. The van der Waals surface area contributed by atoms with Gasteiger partial charge < -0.3 is 14.6 Å². The van der Waals surface area contributed by atoms with E-state index in [0.29, 0.717) is 22.1 Å². The van der Waals surface area contributed by atoms with Gasteiger partial charge in [-0.25, -0.2) is 9.78 Å². The second kappa shape index (κ2) is 9.05. The number of carboxylic acids is 1. The van der Waals surface area contributed by atoms with Crippen molar-refractivity contribution >= 4 is 17.3 Å². The molecule has 1 aromatic heterocycles. The smallest absolute Gasteiger partial charge is 0.416 e. The van der Waals surface area contributed by atoms with Crippen LogP contribution in [0.15, 0.2) is 42.5 Å². The third kappa shape index (κ3) is 5.65. The number of thiazole rings is 1. The van der Waals surface area contributed by atoms with Gasteiger partial charge in [-0.15, -0.1) is 11.3 Å². The van der Waals surface area contributed by atoms with E-state index < -0.39 is 23.3 Å². The minimum Gasteiger partial charge on any atom is -0.485 e. The molecular weight excluding hydrogens is 455 g/mol. The van der Waals surface area contributed by atoms with Crippen LogP contribution in [0.4, 0.5) is 13.2 Å². The van der Waals surface area contributed by atoms with Crippen molar-refractivity contribution in [2.75, 3.05) is 0 Å². The normalized spacial score (nSPS) is 13.0. The molecule has 0 amide bonds. The number of hydrogen-bond donors (Lipinski definition) is 1. The molecule has 0 aliphatic rings. The summed E-state index contributed by atoms with van der Waals surface area (Å²) in [6.45, 7) is 8.44. The minimum absolute atomic E-state index is 0.354. The van der Waals surface area contributed by atoms with Crippen LogP contribution in [0, 0.1) is 13.8 Å². The van der Waals surface area contributed by atoms with Gasteiger partial charge in [0.05, 0.1) is 16.1 Å². The van der Waals surface area contributed by atoms with Crippen LogP contribution in [0.5, 0.6) is 11.5 Å². The van der Waals surface area contributed by atoms with Crippen LogP contribution in [-0.2, 0) is 11.0 Å². The third-order valence-corrected chi connectivity index (χ3v) is 6.37. The number of carbonyl (C=O) groups is 1. The summed E-state index contributed by atoms with van der Waals surface area (Å²) in [6.07, 6.45) is -4.74. The lowest BCUT2D eigenvalue weighted by molar-refractivity contribution is -0.152. The Labute approximate surface area is 193 Å². The molecule has 2 aromatic carbocycles. The van der Waals surface area contributed by atoms with Gasteiger partial charge in [-0.1, -0.05) is 12.1 Å². The van der Waals surface area contributed by atoms with Crippen molar-refractivity contribution in [3.63, 3.8) is 0 Å². The number of aliphatic carboxylic acids is 1. The van der Waals surface area contributed by atoms with Gasteiger partial charge in [0.15, 0.2) is 5.60 Å². The summed E-state index contributed by atoms with van der Waals surface area (Å²) >= 11 is 1.36. The Morgan fingerprint density at radius 3 is 2.27 bits per heavy atom. The van der Waals surface area contributed by atoms with Gasteiger partial charge in [-0.2, -0.15) is 13.2 Å². The molecule has 0 saturated carbocycles. The lowest BCUT2D eigenvalue weighted by Gasteiger charge is -2.23. The minimum atomic E-state index is -4.38. The topological polar surface area (TPSA) is 68.7 Å². The first-order chi connectivity index (χ1) is 15.3. The quantitative estimate of drug-likeness (QED) is 0.402. The number of aromatic nitrogens is 1. The van der Waals surface area contributed by atoms with Crippen LogP contribution < -0.4 is 9.47 Å². The molecule has 0 bridgehead atoms. The van der Waals surface area contributed by atoms with E-state index in [1.165, 1.54) is 37.3 Å². The highest BCUT2D eigenvalue weighted by Crippen LogP contribution is 2.36. The Kier molecular flexibility index (Phi) is 6.74. The molecule has 0 saturated heterocycles. The summed E-state index contributed by atoms with van der Waals surface area (Å²) in [5.74, 6) is -0.0503. The zero-order chi connectivity index (χ0) is 24.6. The summed E-state index contributed by atoms with van der Waals surface area (Å²) < 4.78 is 50.1. The average molecular weight is 480 g/mol. The Balaban J connectivity index is 1.76. The molecule has 1 heterocycles. The molecule has 3 aromatic rings. The molecule has 0 spiro atoms. The number of nitrogens with zero attached hydrogens (tertiary/aromatic N) is 1. The highest BCUT2D eigenvalue weighted by atomic mass is 32.1. The maximum absolute atomic E-state index is 12.8. The number of halogens is 3. The van der Waals surface area contributed by atoms with Crippen LogP contribution in [0.25, 0.3) is 10.6 Å². The maximum atomic E-state index is 12.8. The van der Waals surface area contributed by atoms with Crippen molar-refractivity contribution in [1.29, 1.82) is 0 Å². The van der Waals surface area contributed by atoms with Crippen molar-refractivity contribution in [2.24, 2.45) is 0 Å². The highest BCUT2D eigenvalue weighted by Gasteiger charge is 2.31. The Morgan fingerprint density at radius 1 is 1.09 bits per heavy atom. The molecule has 0 aliphatic carbocycles. The fourth-order valence-corrected chi connectivity index (χ4v) is 4.15. The molecule has 0 fully saturated rings. The number of ether oxygens (including phenoxy) is 2. The molecule has 5 nitrogen and oxygen atoms in total. The second-order valence-corrected chi connectivity index (χ2v) is 9.18. The molecule has 176 valence electrons. The van der Waals surface area contributed by atoms with Crippen LogP contribution in [-0.4, -0.2) is 21.7 Å². The van der Waals surface area contributed by atoms with Gasteiger partial charge in [-0.3, -0.25) is 0 Å². The van der Waals surface area contributed by atoms with E-state index >= 15 is 0 Å². The molecule has 0 radical (unpaired) electrons. The lowest BCUT2D eigenvalue weighted by atomic mass is 10.1. The van der Waals surface area contributed by atoms with E-state index in [9.17, 15) is 23.1 Å². The first-order valence-electron chi connectivity index (χ1n) is 10.1. The summed E-state index contributed by atoms with van der Waals surface area (Å²) in [7, 11) is 0. The number of benzene rings is 2. The molecule has 1 atom stereocenters. The fourth-order valence-electron chi connectivity index (χ4n) is 3.10. The SMILES string of the molecule is Cc1cc(O[C@@H](C)c2sc(-c3ccc(C(F)(F)F)cc3)nc2C)ccc1OC(C)(C)C(=O)O. The summed E-state index contributed by atoms with van der Waals surface area (Å²) in [4.78, 5) is 16.7. The van der Waals surface area contributed by atoms with E-state index in [4.69, 9.17) is 9.47 Å².